The van der Waals surface area contributed by atoms with E-state index in [1.54, 1.807) is 6.07 Å². The quantitative estimate of drug-likeness (QED) is 0.724. The lowest BCUT2D eigenvalue weighted by Crippen LogP contribution is -1.97. The monoisotopic (exact) mass is 195 g/mol. The molecule has 0 spiro atoms. The van der Waals surface area contributed by atoms with Gasteiger partial charge in [0, 0.05) is 12.6 Å². The zero-order chi connectivity index (χ0) is 10.6. The molecule has 4 heteroatoms. The fourth-order valence-corrected chi connectivity index (χ4v) is 0.904. The molecule has 1 rings (SSSR count). The Bertz CT molecular complexity index is 348. The first-order valence-electron chi connectivity index (χ1n) is 4.30. The molecule has 0 unspecified atom stereocenters. The van der Waals surface area contributed by atoms with E-state index in [-0.39, 0.29) is 5.76 Å². The minimum atomic E-state index is -1.06. The summed E-state index contributed by atoms with van der Waals surface area (Å²) in [5.41, 5.74) is 1.20. The second-order valence-electron chi connectivity index (χ2n) is 3.13. The van der Waals surface area contributed by atoms with Crippen LogP contribution in [0.2, 0.25) is 0 Å². The van der Waals surface area contributed by atoms with Gasteiger partial charge in [0.15, 0.2) is 5.88 Å². The van der Waals surface area contributed by atoms with Gasteiger partial charge in [-0.3, -0.25) is 0 Å². The Morgan fingerprint density at radius 1 is 1.57 bits per heavy atom. The molecule has 0 aliphatic rings. The maximum Gasteiger partial charge on any atom is 0.371 e. The van der Waals surface area contributed by atoms with Gasteiger partial charge in [-0.2, -0.15) is 0 Å². The summed E-state index contributed by atoms with van der Waals surface area (Å²) in [7, 11) is 0. The van der Waals surface area contributed by atoms with E-state index in [4.69, 9.17) is 9.52 Å². The highest BCUT2D eigenvalue weighted by atomic mass is 16.4. The van der Waals surface area contributed by atoms with E-state index in [0.29, 0.717) is 12.4 Å². The second-order valence-corrected chi connectivity index (χ2v) is 3.13. The molecule has 0 amide bonds. The number of carbonyl (C=O) groups is 1. The number of anilines is 1. The van der Waals surface area contributed by atoms with Crippen molar-refractivity contribution in [2.75, 3.05) is 11.9 Å². The van der Waals surface area contributed by atoms with Crippen LogP contribution in [0.5, 0.6) is 0 Å². The predicted molar refractivity (Wildman–Crippen MR) is 53.6 cm³/mol. The Kier molecular flexibility index (Phi) is 3.34. The van der Waals surface area contributed by atoms with Crippen LogP contribution in [0.1, 0.15) is 24.4 Å². The Morgan fingerprint density at radius 3 is 2.79 bits per heavy atom. The third-order valence-electron chi connectivity index (χ3n) is 1.60. The summed E-state index contributed by atoms with van der Waals surface area (Å²) in [6, 6.07) is 3.02. The molecular weight excluding hydrogens is 182 g/mol. The highest BCUT2D eigenvalue weighted by Crippen LogP contribution is 2.12. The lowest BCUT2D eigenvalue weighted by molar-refractivity contribution is 0.0663. The van der Waals surface area contributed by atoms with Crippen molar-refractivity contribution < 1.29 is 14.3 Å². The SMILES string of the molecule is CC(C)=CCNc1ccc(C(=O)O)o1. The zero-order valence-electron chi connectivity index (χ0n) is 8.20. The van der Waals surface area contributed by atoms with Gasteiger partial charge in [-0.25, -0.2) is 4.79 Å². The van der Waals surface area contributed by atoms with Crippen LogP contribution in [0.25, 0.3) is 0 Å². The average molecular weight is 195 g/mol. The maximum atomic E-state index is 10.5. The second kappa shape index (κ2) is 4.50. The Morgan fingerprint density at radius 2 is 2.29 bits per heavy atom. The van der Waals surface area contributed by atoms with Crippen molar-refractivity contribution in [1.82, 2.24) is 0 Å². The Hall–Kier alpha value is -1.71. The Balaban J connectivity index is 2.52. The van der Waals surface area contributed by atoms with Crippen molar-refractivity contribution in [2.24, 2.45) is 0 Å². The maximum absolute atomic E-state index is 10.5. The highest BCUT2D eigenvalue weighted by Gasteiger charge is 2.07. The van der Waals surface area contributed by atoms with E-state index in [9.17, 15) is 4.79 Å². The van der Waals surface area contributed by atoms with Crippen molar-refractivity contribution in [3.63, 3.8) is 0 Å². The molecule has 1 aromatic heterocycles. The van der Waals surface area contributed by atoms with Crippen molar-refractivity contribution in [2.45, 2.75) is 13.8 Å². The van der Waals surface area contributed by atoms with Crippen LogP contribution >= 0.6 is 0 Å². The summed E-state index contributed by atoms with van der Waals surface area (Å²) in [5.74, 6) is -0.634. The van der Waals surface area contributed by atoms with Gasteiger partial charge < -0.3 is 14.8 Å². The molecule has 0 saturated carbocycles. The van der Waals surface area contributed by atoms with E-state index in [1.807, 2.05) is 19.9 Å². The standard InChI is InChI=1S/C10H13NO3/c1-7(2)5-6-11-9-4-3-8(14-9)10(12)13/h3-5,11H,6H2,1-2H3,(H,12,13). The molecule has 0 bridgehead atoms. The summed E-state index contributed by atoms with van der Waals surface area (Å²) < 4.78 is 4.99. The number of hydrogen-bond acceptors (Lipinski definition) is 3. The van der Waals surface area contributed by atoms with Gasteiger partial charge in [0.1, 0.15) is 0 Å². The average Bonchev–Trinajstić information content (AvgIpc) is 2.52. The third-order valence-corrected chi connectivity index (χ3v) is 1.60. The van der Waals surface area contributed by atoms with E-state index < -0.39 is 5.97 Å². The smallest absolute Gasteiger partial charge is 0.371 e. The fourth-order valence-electron chi connectivity index (χ4n) is 0.904. The molecule has 0 fully saturated rings. The van der Waals surface area contributed by atoms with E-state index in [2.05, 4.69) is 5.32 Å². The number of nitrogens with one attached hydrogen (secondary N) is 1. The van der Waals surface area contributed by atoms with Crippen LogP contribution in [0.4, 0.5) is 5.88 Å². The first-order chi connectivity index (χ1) is 6.59. The minimum Gasteiger partial charge on any atom is -0.475 e. The van der Waals surface area contributed by atoms with E-state index in [0.717, 1.165) is 0 Å². The molecular formula is C10H13NO3. The third kappa shape index (κ3) is 2.97. The molecule has 14 heavy (non-hydrogen) atoms. The van der Waals surface area contributed by atoms with Crippen LogP contribution in [-0.2, 0) is 0 Å². The van der Waals surface area contributed by atoms with Crippen molar-refractivity contribution in [1.29, 1.82) is 0 Å². The van der Waals surface area contributed by atoms with Crippen molar-refractivity contribution in [3.8, 4) is 0 Å². The van der Waals surface area contributed by atoms with Crippen LogP contribution in [0.3, 0.4) is 0 Å². The summed E-state index contributed by atoms with van der Waals surface area (Å²) in [5, 5.41) is 11.5. The summed E-state index contributed by atoms with van der Waals surface area (Å²) in [6.45, 7) is 4.62. The molecule has 0 atom stereocenters. The number of furan rings is 1. The molecule has 0 aromatic carbocycles. The fraction of sp³-hybridized carbons (Fsp3) is 0.300. The largest absolute Gasteiger partial charge is 0.475 e. The van der Waals surface area contributed by atoms with Crippen LogP contribution < -0.4 is 5.32 Å². The molecule has 0 saturated heterocycles. The van der Waals surface area contributed by atoms with Crippen LogP contribution in [0, 0.1) is 0 Å². The number of aromatic carboxylic acids is 1. The first kappa shape index (κ1) is 10.4. The van der Waals surface area contributed by atoms with Gasteiger partial charge in [0.2, 0.25) is 5.76 Å². The molecule has 1 aromatic rings. The number of allylic oxidation sites excluding steroid dienone is 1. The van der Waals surface area contributed by atoms with Gasteiger partial charge in [-0.1, -0.05) is 11.6 Å². The molecule has 0 aliphatic heterocycles. The van der Waals surface area contributed by atoms with Crippen molar-refractivity contribution >= 4 is 11.9 Å². The zero-order valence-corrected chi connectivity index (χ0v) is 8.20. The van der Waals surface area contributed by atoms with Gasteiger partial charge in [-0.05, 0) is 19.9 Å². The van der Waals surface area contributed by atoms with Crippen molar-refractivity contribution in [3.05, 3.63) is 29.5 Å². The van der Waals surface area contributed by atoms with Gasteiger partial charge >= 0.3 is 5.97 Å². The summed E-state index contributed by atoms with van der Waals surface area (Å²) >= 11 is 0. The van der Waals surface area contributed by atoms with E-state index in [1.165, 1.54) is 11.6 Å². The summed E-state index contributed by atoms with van der Waals surface area (Å²) in [6.07, 6.45) is 1.99. The van der Waals surface area contributed by atoms with Crippen LogP contribution in [0.15, 0.2) is 28.2 Å². The molecule has 4 nitrogen and oxygen atoms in total. The Labute approximate surface area is 82.2 Å². The molecule has 0 aliphatic carbocycles. The number of hydrogen-bond donors (Lipinski definition) is 2. The lowest BCUT2D eigenvalue weighted by Gasteiger charge is -1.97. The molecule has 2 N–H and O–H groups in total. The first-order valence-corrected chi connectivity index (χ1v) is 4.30. The topological polar surface area (TPSA) is 62.5 Å². The summed E-state index contributed by atoms with van der Waals surface area (Å²) in [4.78, 5) is 10.5. The normalized spacial score (nSPS) is 9.57. The number of carboxylic acids is 1. The minimum absolute atomic E-state index is 0.0512. The van der Waals surface area contributed by atoms with Gasteiger partial charge in [0.05, 0.1) is 0 Å². The molecule has 0 radical (unpaired) electrons. The van der Waals surface area contributed by atoms with Gasteiger partial charge in [-0.15, -0.1) is 0 Å². The molecule has 76 valence electrons. The predicted octanol–water partition coefficient (Wildman–Crippen LogP) is 2.36. The van der Waals surface area contributed by atoms with Gasteiger partial charge in [0.25, 0.3) is 0 Å². The lowest BCUT2D eigenvalue weighted by atomic mass is 10.3. The number of rotatable bonds is 4. The number of carboxylic acid groups (broad SMARTS) is 1. The van der Waals surface area contributed by atoms with E-state index >= 15 is 0 Å². The molecule has 1 heterocycles. The highest BCUT2D eigenvalue weighted by molar-refractivity contribution is 5.84. The van der Waals surface area contributed by atoms with Crippen LogP contribution in [-0.4, -0.2) is 17.6 Å².